The van der Waals surface area contributed by atoms with E-state index in [0.29, 0.717) is 16.1 Å². The largest absolute Gasteiger partial charge is 0.379 e. The summed E-state index contributed by atoms with van der Waals surface area (Å²) in [7, 11) is -4.24. The topological polar surface area (TPSA) is 66.9 Å². The normalized spacial score (nSPS) is 13.3. The standard InChI is InChI=1S/C27H27Cl3N2O4S/c1-3-31(4-2)20-10-9-18(17-32(19-11-12-19)27(33)22-7-5-6-8-23(22)28)26(15-20)36-37(34,35)21-13-14-24(29)25(30)16-21/h5-10,13-16,19H,3-4,11-12,17H2,1-2H3. The zero-order valence-electron chi connectivity index (χ0n) is 20.5. The molecule has 1 aliphatic rings. The molecule has 0 unspecified atom stereocenters. The van der Waals surface area contributed by atoms with Crippen LogP contribution in [0, 0.1) is 0 Å². The van der Waals surface area contributed by atoms with E-state index in [1.54, 1.807) is 35.2 Å². The molecule has 0 N–H and O–H groups in total. The number of carbonyl (C=O) groups excluding carboxylic acids is 1. The van der Waals surface area contributed by atoms with Crippen molar-refractivity contribution in [2.45, 2.75) is 44.2 Å². The molecule has 37 heavy (non-hydrogen) atoms. The molecule has 3 aromatic rings. The molecule has 1 fully saturated rings. The van der Waals surface area contributed by atoms with Crippen LogP contribution >= 0.6 is 34.8 Å². The van der Waals surface area contributed by atoms with Crippen molar-refractivity contribution in [3.05, 3.63) is 86.9 Å². The van der Waals surface area contributed by atoms with Crippen LogP contribution in [0.4, 0.5) is 5.69 Å². The summed E-state index contributed by atoms with van der Waals surface area (Å²) in [6.07, 6.45) is 1.73. The van der Waals surface area contributed by atoms with Crippen molar-refractivity contribution >= 4 is 56.5 Å². The van der Waals surface area contributed by atoms with Crippen molar-refractivity contribution in [2.24, 2.45) is 0 Å². The molecule has 10 heteroatoms. The number of rotatable bonds is 10. The molecular formula is C27H27Cl3N2O4S. The number of anilines is 1. The first-order valence-corrected chi connectivity index (χ1v) is 14.5. The van der Waals surface area contributed by atoms with E-state index in [0.717, 1.165) is 31.6 Å². The lowest BCUT2D eigenvalue weighted by molar-refractivity contribution is 0.0729. The quantitative estimate of drug-likeness (QED) is 0.240. The van der Waals surface area contributed by atoms with Crippen LogP contribution in [0.2, 0.25) is 15.1 Å². The Balaban J connectivity index is 1.73. The van der Waals surface area contributed by atoms with Gasteiger partial charge in [-0.25, -0.2) is 0 Å². The molecule has 0 heterocycles. The second-order valence-corrected chi connectivity index (χ2v) is 11.5. The molecule has 0 aliphatic heterocycles. The Morgan fingerprint density at radius 2 is 1.62 bits per heavy atom. The molecule has 0 radical (unpaired) electrons. The van der Waals surface area contributed by atoms with Gasteiger partial charge in [0.15, 0.2) is 0 Å². The molecule has 6 nitrogen and oxygen atoms in total. The Morgan fingerprint density at radius 3 is 2.24 bits per heavy atom. The lowest BCUT2D eigenvalue weighted by Crippen LogP contribution is -2.33. The van der Waals surface area contributed by atoms with Gasteiger partial charge >= 0.3 is 10.1 Å². The number of hydrogen-bond acceptors (Lipinski definition) is 5. The van der Waals surface area contributed by atoms with Crippen LogP contribution < -0.4 is 9.08 Å². The van der Waals surface area contributed by atoms with E-state index in [1.807, 2.05) is 26.0 Å². The molecule has 0 bridgehead atoms. The van der Waals surface area contributed by atoms with Crippen LogP contribution in [-0.2, 0) is 16.7 Å². The van der Waals surface area contributed by atoms with E-state index in [4.69, 9.17) is 39.0 Å². The maximum Gasteiger partial charge on any atom is 0.339 e. The lowest BCUT2D eigenvalue weighted by atomic mass is 10.1. The van der Waals surface area contributed by atoms with Gasteiger partial charge in [-0.1, -0.05) is 53.0 Å². The zero-order chi connectivity index (χ0) is 26.7. The highest BCUT2D eigenvalue weighted by atomic mass is 35.5. The molecule has 1 aliphatic carbocycles. The Kier molecular flexibility index (Phi) is 8.59. The van der Waals surface area contributed by atoms with Gasteiger partial charge in [-0.15, -0.1) is 0 Å². The molecule has 1 amide bonds. The number of nitrogens with zero attached hydrogens (tertiary/aromatic N) is 2. The van der Waals surface area contributed by atoms with Gasteiger partial charge in [0.05, 0.1) is 20.6 Å². The fraction of sp³-hybridized carbons (Fsp3) is 0.296. The summed E-state index contributed by atoms with van der Waals surface area (Å²) in [5, 5.41) is 0.713. The fourth-order valence-electron chi connectivity index (χ4n) is 4.06. The Labute approximate surface area is 232 Å². The number of amides is 1. The highest BCUT2D eigenvalue weighted by Crippen LogP contribution is 2.35. The third-order valence-corrected chi connectivity index (χ3v) is 8.55. The summed E-state index contributed by atoms with van der Waals surface area (Å²) in [5.74, 6) is -0.0627. The summed E-state index contributed by atoms with van der Waals surface area (Å²) in [6.45, 7) is 5.66. The molecule has 3 aromatic carbocycles. The Hall–Kier alpha value is -2.45. The Bertz CT molecular complexity index is 1410. The smallest absolute Gasteiger partial charge is 0.339 e. The highest BCUT2D eigenvalue weighted by Gasteiger charge is 2.34. The van der Waals surface area contributed by atoms with E-state index in [-0.39, 0.29) is 39.2 Å². The van der Waals surface area contributed by atoms with Crippen molar-refractivity contribution in [3.63, 3.8) is 0 Å². The number of benzene rings is 3. The summed E-state index contributed by atoms with van der Waals surface area (Å²) in [6, 6.07) is 16.4. The van der Waals surface area contributed by atoms with E-state index in [9.17, 15) is 13.2 Å². The second kappa shape index (κ2) is 11.5. The molecule has 0 aromatic heterocycles. The van der Waals surface area contributed by atoms with Gasteiger partial charge in [0.2, 0.25) is 0 Å². The summed E-state index contributed by atoms with van der Waals surface area (Å²) >= 11 is 18.3. The van der Waals surface area contributed by atoms with E-state index < -0.39 is 10.1 Å². The molecule has 0 spiro atoms. The van der Waals surface area contributed by atoms with Crippen molar-refractivity contribution in [1.29, 1.82) is 0 Å². The first-order valence-electron chi connectivity index (χ1n) is 12.0. The van der Waals surface area contributed by atoms with Crippen molar-refractivity contribution < 1.29 is 17.4 Å². The van der Waals surface area contributed by atoms with Crippen LogP contribution in [0.3, 0.4) is 0 Å². The molecule has 0 atom stereocenters. The van der Waals surface area contributed by atoms with Gasteiger partial charge in [-0.2, -0.15) is 8.42 Å². The van der Waals surface area contributed by atoms with Gasteiger partial charge < -0.3 is 14.0 Å². The second-order valence-electron chi connectivity index (χ2n) is 8.72. The molecule has 0 saturated heterocycles. The van der Waals surface area contributed by atoms with E-state index in [1.165, 1.54) is 18.2 Å². The zero-order valence-corrected chi connectivity index (χ0v) is 23.5. The summed E-state index contributed by atoms with van der Waals surface area (Å²) in [4.78, 5) is 17.1. The van der Waals surface area contributed by atoms with Gasteiger partial charge in [-0.05, 0) is 63.1 Å². The van der Waals surface area contributed by atoms with Crippen LogP contribution in [0.5, 0.6) is 5.75 Å². The molecular weight excluding hydrogens is 555 g/mol. The van der Waals surface area contributed by atoms with Crippen LogP contribution in [0.1, 0.15) is 42.6 Å². The maximum atomic E-state index is 13.5. The summed E-state index contributed by atoms with van der Waals surface area (Å²) in [5.41, 5.74) is 1.78. The lowest BCUT2D eigenvalue weighted by Gasteiger charge is -2.26. The van der Waals surface area contributed by atoms with Crippen molar-refractivity contribution in [3.8, 4) is 5.75 Å². The van der Waals surface area contributed by atoms with Crippen LogP contribution in [-0.4, -0.2) is 38.4 Å². The monoisotopic (exact) mass is 580 g/mol. The molecule has 4 rings (SSSR count). The first-order chi connectivity index (χ1) is 17.6. The maximum absolute atomic E-state index is 13.5. The first kappa shape index (κ1) is 27.6. The predicted molar refractivity (Wildman–Crippen MR) is 149 cm³/mol. The third-order valence-electron chi connectivity index (χ3n) is 6.25. The van der Waals surface area contributed by atoms with E-state index in [2.05, 4.69) is 4.90 Å². The average Bonchev–Trinajstić information content (AvgIpc) is 3.71. The minimum absolute atomic E-state index is 0.0470. The fourth-order valence-corrected chi connectivity index (χ4v) is 5.63. The minimum atomic E-state index is -4.24. The van der Waals surface area contributed by atoms with Crippen molar-refractivity contribution in [2.75, 3.05) is 18.0 Å². The Morgan fingerprint density at radius 1 is 0.919 bits per heavy atom. The highest BCUT2D eigenvalue weighted by molar-refractivity contribution is 7.87. The van der Waals surface area contributed by atoms with E-state index >= 15 is 0 Å². The average molecular weight is 582 g/mol. The summed E-state index contributed by atoms with van der Waals surface area (Å²) < 4.78 is 32.2. The molecule has 196 valence electrons. The van der Waals surface area contributed by atoms with Crippen LogP contribution in [0.15, 0.2) is 65.6 Å². The van der Waals surface area contributed by atoms with Gasteiger partial charge in [0.1, 0.15) is 10.6 Å². The number of halogens is 3. The van der Waals surface area contributed by atoms with Crippen LogP contribution in [0.25, 0.3) is 0 Å². The SMILES string of the molecule is CCN(CC)c1ccc(CN(C(=O)c2ccccc2Cl)C2CC2)c(OS(=O)(=O)c2ccc(Cl)c(Cl)c2)c1. The van der Waals surface area contributed by atoms with Crippen molar-refractivity contribution in [1.82, 2.24) is 4.90 Å². The van der Waals surface area contributed by atoms with Gasteiger partial charge in [0, 0.05) is 43.0 Å². The molecule has 1 saturated carbocycles. The minimum Gasteiger partial charge on any atom is -0.379 e. The number of carbonyl (C=O) groups is 1. The third kappa shape index (κ3) is 6.34. The van der Waals surface area contributed by atoms with Gasteiger partial charge in [0.25, 0.3) is 5.91 Å². The number of hydrogen-bond donors (Lipinski definition) is 0. The predicted octanol–water partition coefficient (Wildman–Crippen LogP) is 7.07. The van der Waals surface area contributed by atoms with Gasteiger partial charge in [-0.3, -0.25) is 4.79 Å².